The van der Waals surface area contributed by atoms with E-state index in [1.54, 1.807) is 6.08 Å². The fraction of sp³-hybridized carbons (Fsp3) is 0.250. The van der Waals surface area contributed by atoms with E-state index in [4.69, 9.17) is 0 Å². The van der Waals surface area contributed by atoms with Crippen molar-refractivity contribution in [3.8, 4) is 11.8 Å². The smallest absolute Gasteiger partial charge is 0.0179 e. The summed E-state index contributed by atoms with van der Waals surface area (Å²) in [4.78, 5) is 0. The van der Waals surface area contributed by atoms with E-state index in [2.05, 4.69) is 44.1 Å². The Hall–Kier alpha value is -1.74. The second-order valence-corrected chi connectivity index (χ2v) is 4.02. The van der Waals surface area contributed by atoms with Crippen molar-refractivity contribution in [3.63, 3.8) is 0 Å². The fourth-order valence-electron chi connectivity index (χ4n) is 1.49. The monoisotopic (exact) mass is 210 g/mol. The van der Waals surface area contributed by atoms with Gasteiger partial charge in [-0.05, 0) is 38.8 Å². The van der Waals surface area contributed by atoms with Crippen LogP contribution in [0.5, 0.6) is 0 Å². The summed E-state index contributed by atoms with van der Waals surface area (Å²) in [5.41, 5.74) is 4.43. The fourth-order valence-corrected chi connectivity index (χ4v) is 1.49. The predicted molar refractivity (Wildman–Crippen MR) is 71.9 cm³/mol. The molecule has 0 saturated heterocycles. The minimum atomic E-state index is 0.838. The van der Waals surface area contributed by atoms with Crippen LogP contribution in [0.1, 0.15) is 26.7 Å². The molecule has 0 spiro atoms. The van der Waals surface area contributed by atoms with Crippen molar-refractivity contribution >= 4 is 0 Å². The molecule has 0 heterocycles. The Kier molecular flexibility index (Phi) is 4.61. The Balaban J connectivity index is 2.72. The second kappa shape index (κ2) is 5.98. The average molecular weight is 210 g/mol. The number of allylic oxidation sites excluding steroid dienone is 8. The van der Waals surface area contributed by atoms with Gasteiger partial charge < -0.3 is 0 Å². The molecule has 0 aliphatic heterocycles. The van der Waals surface area contributed by atoms with Crippen molar-refractivity contribution in [2.24, 2.45) is 0 Å². The maximum Gasteiger partial charge on any atom is 0.0179 e. The van der Waals surface area contributed by atoms with E-state index in [-0.39, 0.29) is 0 Å². The summed E-state index contributed by atoms with van der Waals surface area (Å²) in [6, 6.07) is 0. The first-order valence-corrected chi connectivity index (χ1v) is 5.51. The lowest BCUT2D eigenvalue weighted by molar-refractivity contribution is 0.981. The molecule has 0 aromatic carbocycles. The maximum absolute atomic E-state index is 3.91. The van der Waals surface area contributed by atoms with Gasteiger partial charge in [0.1, 0.15) is 0 Å². The maximum atomic E-state index is 3.91. The standard InChI is InChI=1S/C16H18/c1-5-13(2)11-15(4)9-10-16-8-6-7-14(3)12-16/h5,7,11-12H,1,4,6,8H2,2-3H3/b13-11-. The van der Waals surface area contributed by atoms with Crippen LogP contribution >= 0.6 is 0 Å². The van der Waals surface area contributed by atoms with E-state index in [1.807, 2.05) is 13.0 Å². The third kappa shape index (κ3) is 4.19. The first-order chi connectivity index (χ1) is 7.61. The molecule has 0 aromatic rings. The lowest BCUT2D eigenvalue weighted by atomic mass is 10.0. The Bertz CT molecular complexity index is 442. The second-order valence-electron chi connectivity index (χ2n) is 4.02. The van der Waals surface area contributed by atoms with Crippen molar-refractivity contribution in [2.75, 3.05) is 0 Å². The van der Waals surface area contributed by atoms with E-state index in [0.29, 0.717) is 0 Å². The average Bonchev–Trinajstić information content (AvgIpc) is 2.26. The summed E-state index contributed by atoms with van der Waals surface area (Å²) in [6.07, 6.45) is 10.3. The van der Waals surface area contributed by atoms with E-state index in [9.17, 15) is 0 Å². The predicted octanol–water partition coefficient (Wildman–Crippen LogP) is 4.34. The molecule has 16 heavy (non-hydrogen) atoms. The van der Waals surface area contributed by atoms with Crippen molar-refractivity contribution in [1.29, 1.82) is 0 Å². The third-order valence-electron chi connectivity index (χ3n) is 2.39. The zero-order valence-corrected chi connectivity index (χ0v) is 10.1. The van der Waals surface area contributed by atoms with Gasteiger partial charge in [0.2, 0.25) is 0 Å². The topological polar surface area (TPSA) is 0 Å². The minimum absolute atomic E-state index is 0.838. The molecule has 0 radical (unpaired) electrons. The lowest BCUT2D eigenvalue weighted by Crippen LogP contribution is -1.87. The molecule has 0 saturated carbocycles. The highest BCUT2D eigenvalue weighted by Crippen LogP contribution is 2.15. The van der Waals surface area contributed by atoms with Crippen molar-refractivity contribution in [1.82, 2.24) is 0 Å². The molecule has 0 N–H and O–H groups in total. The van der Waals surface area contributed by atoms with Crippen LogP contribution in [0.4, 0.5) is 0 Å². The quantitative estimate of drug-likeness (QED) is 0.469. The molecule has 0 amide bonds. The Morgan fingerprint density at radius 2 is 2.25 bits per heavy atom. The molecule has 1 rings (SSSR count). The van der Waals surface area contributed by atoms with Crippen LogP contribution in [0.2, 0.25) is 0 Å². The SMILES string of the molecule is C=C/C(C)=C\C(=C)C#CC1=CC(C)=CCC1. The van der Waals surface area contributed by atoms with E-state index in [0.717, 1.165) is 24.0 Å². The summed E-state index contributed by atoms with van der Waals surface area (Å²) in [5, 5.41) is 0. The van der Waals surface area contributed by atoms with Gasteiger partial charge in [-0.1, -0.05) is 48.3 Å². The zero-order chi connectivity index (χ0) is 12.0. The first kappa shape index (κ1) is 12.3. The highest BCUT2D eigenvalue weighted by Gasteiger charge is 1.98. The number of hydrogen-bond donors (Lipinski definition) is 0. The molecule has 1 aliphatic carbocycles. The van der Waals surface area contributed by atoms with Gasteiger partial charge in [0.05, 0.1) is 0 Å². The Labute approximate surface area is 98.8 Å². The van der Waals surface area contributed by atoms with E-state index in [1.165, 1.54) is 11.1 Å². The van der Waals surface area contributed by atoms with Crippen LogP contribution < -0.4 is 0 Å². The number of rotatable bonds is 2. The van der Waals surface area contributed by atoms with E-state index >= 15 is 0 Å². The summed E-state index contributed by atoms with van der Waals surface area (Å²) >= 11 is 0. The van der Waals surface area contributed by atoms with Gasteiger partial charge >= 0.3 is 0 Å². The molecule has 0 unspecified atom stereocenters. The molecule has 0 nitrogen and oxygen atoms in total. The molecule has 0 bridgehead atoms. The van der Waals surface area contributed by atoms with Gasteiger partial charge in [-0.25, -0.2) is 0 Å². The van der Waals surface area contributed by atoms with Crippen LogP contribution in [0.25, 0.3) is 0 Å². The van der Waals surface area contributed by atoms with Crippen LogP contribution in [-0.2, 0) is 0 Å². The van der Waals surface area contributed by atoms with Gasteiger partial charge in [-0.3, -0.25) is 0 Å². The van der Waals surface area contributed by atoms with E-state index < -0.39 is 0 Å². The molecule has 0 atom stereocenters. The summed E-state index contributed by atoms with van der Waals surface area (Å²) < 4.78 is 0. The highest BCUT2D eigenvalue weighted by atomic mass is 14.0. The molecule has 0 fully saturated rings. The van der Waals surface area contributed by atoms with Crippen LogP contribution in [-0.4, -0.2) is 0 Å². The van der Waals surface area contributed by atoms with Crippen molar-refractivity contribution < 1.29 is 0 Å². The van der Waals surface area contributed by atoms with Crippen LogP contribution in [0, 0.1) is 11.8 Å². The lowest BCUT2D eigenvalue weighted by Gasteiger charge is -2.04. The zero-order valence-electron chi connectivity index (χ0n) is 10.1. The summed E-state index contributed by atoms with van der Waals surface area (Å²) in [5.74, 6) is 6.25. The first-order valence-electron chi connectivity index (χ1n) is 5.51. The largest absolute Gasteiger partial charge is 0.0988 e. The van der Waals surface area contributed by atoms with Gasteiger partial charge in [-0.15, -0.1) is 0 Å². The van der Waals surface area contributed by atoms with Crippen molar-refractivity contribution in [2.45, 2.75) is 26.7 Å². The summed E-state index contributed by atoms with van der Waals surface area (Å²) in [7, 11) is 0. The third-order valence-corrected chi connectivity index (χ3v) is 2.39. The normalized spacial score (nSPS) is 15.5. The van der Waals surface area contributed by atoms with Crippen LogP contribution in [0.3, 0.4) is 0 Å². The minimum Gasteiger partial charge on any atom is -0.0988 e. The Morgan fingerprint density at radius 1 is 1.50 bits per heavy atom. The van der Waals surface area contributed by atoms with Gasteiger partial charge in [0.25, 0.3) is 0 Å². The molecular formula is C16H18. The molecule has 1 aliphatic rings. The van der Waals surface area contributed by atoms with Crippen LogP contribution in [0.15, 0.2) is 59.8 Å². The van der Waals surface area contributed by atoms with Gasteiger partial charge in [-0.2, -0.15) is 0 Å². The molecule has 82 valence electrons. The molecule has 0 aromatic heterocycles. The van der Waals surface area contributed by atoms with Crippen molar-refractivity contribution in [3.05, 3.63) is 59.8 Å². The number of hydrogen-bond acceptors (Lipinski definition) is 0. The van der Waals surface area contributed by atoms with Gasteiger partial charge in [0, 0.05) is 11.1 Å². The molecular weight excluding hydrogens is 192 g/mol. The molecule has 0 heteroatoms. The Morgan fingerprint density at radius 3 is 2.88 bits per heavy atom. The van der Waals surface area contributed by atoms with Gasteiger partial charge in [0.15, 0.2) is 0 Å². The summed E-state index contributed by atoms with van der Waals surface area (Å²) in [6.45, 7) is 11.7. The highest BCUT2D eigenvalue weighted by molar-refractivity contribution is 5.46.